The zero-order valence-electron chi connectivity index (χ0n) is 19.6. The van der Waals surface area contributed by atoms with Crippen LogP contribution >= 0.6 is 0 Å². The number of likely N-dealkylation sites (tertiary alicyclic amines) is 1. The molecule has 0 radical (unpaired) electrons. The van der Waals surface area contributed by atoms with Crippen LogP contribution in [0, 0.1) is 0 Å². The van der Waals surface area contributed by atoms with Crippen LogP contribution in [-0.2, 0) is 9.59 Å². The van der Waals surface area contributed by atoms with E-state index in [0.29, 0.717) is 38.1 Å². The minimum atomic E-state index is -0.218. The van der Waals surface area contributed by atoms with Crippen LogP contribution in [0.15, 0.2) is 36.9 Å². The fourth-order valence-corrected chi connectivity index (χ4v) is 4.61. The summed E-state index contributed by atoms with van der Waals surface area (Å²) in [5.41, 5.74) is 1.02. The molecule has 9 nitrogen and oxygen atoms in total. The number of carbonyl (C=O) groups excluding carboxylic acids is 3. The van der Waals surface area contributed by atoms with E-state index in [2.05, 4.69) is 10.3 Å². The lowest BCUT2D eigenvalue weighted by Crippen LogP contribution is -2.38. The summed E-state index contributed by atoms with van der Waals surface area (Å²) in [6, 6.07) is 5.85. The summed E-state index contributed by atoms with van der Waals surface area (Å²) in [5, 5.41) is 2.80. The Hall–Kier alpha value is -3.36. The highest BCUT2D eigenvalue weighted by atomic mass is 16.5. The molecule has 1 saturated carbocycles. The Morgan fingerprint density at radius 2 is 2.03 bits per heavy atom. The van der Waals surface area contributed by atoms with Gasteiger partial charge in [0, 0.05) is 44.2 Å². The monoisotopic (exact) mass is 468 g/mol. The van der Waals surface area contributed by atoms with E-state index in [1.807, 2.05) is 18.2 Å². The van der Waals surface area contributed by atoms with Gasteiger partial charge in [-0.15, -0.1) is 0 Å². The van der Waals surface area contributed by atoms with Crippen LogP contribution in [0.25, 0.3) is 0 Å². The average molecular weight is 469 g/mol. The first kappa shape index (κ1) is 23.8. The zero-order chi connectivity index (χ0) is 23.9. The zero-order valence-corrected chi connectivity index (χ0v) is 19.6. The molecular weight excluding hydrogens is 436 g/mol. The molecule has 182 valence electrons. The van der Waals surface area contributed by atoms with E-state index in [1.165, 1.54) is 23.7 Å². The lowest BCUT2D eigenvalue weighted by atomic mass is 9.98. The fourth-order valence-electron chi connectivity index (χ4n) is 4.61. The van der Waals surface area contributed by atoms with Crippen molar-refractivity contribution < 1.29 is 23.9 Å². The van der Waals surface area contributed by atoms with Gasteiger partial charge in [0.2, 0.25) is 17.7 Å². The summed E-state index contributed by atoms with van der Waals surface area (Å²) in [6.07, 6.45) is 10.5. The van der Waals surface area contributed by atoms with Gasteiger partial charge in [0.25, 0.3) is 0 Å². The summed E-state index contributed by atoms with van der Waals surface area (Å²) >= 11 is 0. The van der Waals surface area contributed by atoms with Gasteiger partial charge in [0.15, 0.2) is 11.5 Å². The molecule has 1 aromatic carbocycles. The number of aromatic nitrogens is 2. The van der Waals surface area contributed by atoms with Gasteiger partial charge in [-0.25, -0.2) is 4.98 Å². The molecule has 0 spiro atoms. The van der Waals surface area contributed by atoms with Gasteiger partial charge in [0.05, 0.1) is 19.8 Å². The van der Waals surface area contributed by atoms with Crippen molar-refractivity contribution in [2.45, 2.75) is 57.0 Å². The fraction of sp³-hybridized carbons (Fsp3) is 0.520. The second kappa shape index (κ2) is 11.2. The molecule has 2 heterocycles. The van der Waals surface area contributed by atoms with E-state index in [-0.39, 0.29) is 36.3 Å². The van der Waals surface area contributed by atoms with Gasteiger partial charge in [-0.3, -0.25) is 19.0 Å². The molecule has 1 aliphatic heterocycles. The number of nitrogens with one attached hydrogen (secondary N) is 1. The Balaban J connectivity index is 1.26. The smallest absolute Gasteiger partial charge is 0.239 e. The Bertz CT molecular complexity index is 1000. The maximum absolute atomic E-state index is 12.6. The van der Waals surface area contributed by atoms with Gasteiger partial charge >= 0.3 is 0 Å². The van der Waals surface area contributed by atoms with Gasteiger partial charge in [-0.1, -0.05) is 6.07 Å². The quantitative estimate of drug-likeness (QED) is 0.538. The summed E-state index contributed by atoms with van der Waals surface area (Å²) in [7, 11) is 1.63. The third-order valence-corrected chi connectivity index (χ3v) is 6.49. The number of amides is 2. The highest BCUT2D eigenvalue weighted by molar-refractivity contribution is 5.86. The lowest BCUT2D eigenvalue weighted by molar-refractivity contribution is -0.133. The van der Waals surface area contributed by atoms with Crippen molar-refractivity contribution in [1.82, 2.24) is 19.8 Å². The number of hydrogen-bond acceptors (Lipinski definition) is 6. The van der Waals surface area contributed by atoms with Gasteiger partial charge in [0.1, 0.15) is 6.33 Å². The highest BCUT2D eigenvalue weighted by Crippen LogP contribution is 2.36. The number of benzene rings is 1. The molecule has 2 aromatic rings. The minimum absolute atomic E-state index is 0.00457. The van der Waals surface area contributed by atoms with E-state index >= 15 is 0 Å². The van der Waals surface area contributed by atoms with E-state index in [1.54, 1.807) is 24.4 Å². The molecule has 1 N–H and O–H groups in total. The summed E-state index contributed by atoms with van der Waals surface area (Å²) in [5.74, 6) is 1.10. The maximum atomic E-state index is 12.6. The average Bonchev–Trinajstić information content (AvgIpc) is 3.60. The van der Waals surface area contributed by atoms with Crippen LogP contribution in [0.4, 0.5) is 0 Å². The van der Waals surface area contributed by atoms with E-state index in [0.717, 1.165) is 24.2 Å². The van der Waals surface area contributed by atoms with Crippen molar-refractivity contribution in [3.05, 3.63) is 42.5 Å². The molecule has 9 heteroatoms. The maximum Gasteiger partial charge on any atom is 0.239 e. The van der Waals surface area contributed by atoms with Crippen LogP contribution in [-0.4, -0.2) is 65.0 Å². The predicted octanol–water partition coefficient (Wildman–Crippen LogP) is 2.77. The summed E-state index contributed by atoms with van der Waals surface area (Å²) in [6.45, 7) is 0.887. The van der Waals surface area contributed by atoms with Crippen LogP contribution in [0.1, 0.15) is 61.2 Å². The van der Waals surface area contributed by atoms with Crippen LogP contribution in [0.2, 0.25) is 0 Å². The number of rotatable bonds is 10. The largest absolute Gasteiger partial charge is 0.493 e. The Morgan fingerprint density at radius 3 is 2.76 bits per heavy atom. The SMILES string of the molecule is COc1ccc(C2CC(=O)N(CC(=O)NCCCC(=O)n3ccnc3)C2)cc1OC1CCCC1. The first-order valence-corrected chi connectivity index (χ1v) is 11.9. The normalized spacial score (nSPS) is 18.3. The minimum Gasteiger partial charge on any atom is -0.493 e. The molecular formula is C25H32N4O5. The molecule has 4 rings (SSSR count). The molecule has 2 aliphatic rings. The number of ether oxygens (including phenoxy) is 2. The number of hydrogen-bond donors (Lipinski definition) is 1. The second-order valence-electron chi connectivity index (χ2n) is 8.93. The Kier molecular flexibility index (Phi) is 7.82. The molecule has 1 unspecified atom stereocenters. The molecule has 2 fully saturated rings. The number of methoxy groups -OCH3 is 1. The van der Waals surface area contributed by atoms with E-state index in [4.69, 9.17) is 9.47 Å². The van der Waals surface area contributed by atoms with Crippen molar-refractivity contribution in [3.8, 4) is 11.5 Å². The van der Waals surface area contributed by atoms with Gasteiger partial charge in [-0.2, -0.15) is 0 Å². The number of nitrogens with zero attached hydrogens (tertiary/aromatic N) is 3. The highest BCUT2D eigenvalue weighted by Gasteiger charge is 2.32. The Labute approximate surface area is 199 Å². The molecule has 1 aliphatic carbocycles. The van der Waals surface area contributed by atoms with Crippen molar-refractivity contribution in [3.63, 3.8) is 0 Å². The molecule has 0 bridgehead atoms. The Morgan fingerprint density at radius 1 is 1.21 bits per heavy atom. The first-order chi connectivity index (χ1) is 16.5. The lowest BCUT2D eigenvalue weighted by Gasteiger charge is -2.19. The van der Waals surface area contributed by atoms with Crippen LogP contribution in [0.3, 0.4) is 0 Å². The van der Waals surface area contributed by atoms with Crippen molar-refractivity contribution in [2.75, 3.05) is 26.7 Å². The number of carbonyl (C=O) groups is 3. The third-order valence-electron chi connectivity index (χ3n) is 6.49. The molecule has 2 amide bonds. The topological polar surface area (TPSA) is 103 Å². The predicted molar refractivity (Wildman–Crippen MR) is 125 cm³/mol. The molecule has 1 atom stereocenters. The van der Waals surface area contributed by atoms with E-state index in [9.17, 15) is 14.4 Å². The third kappa shape index (κ3) is 5.95. The standard InChI is InChI=1S/C25H32N4O5/c1-33-21-9-8-18(13-22(21)34-20-5-2-3-6-20)19-14-25(32)29(15-19)16-23(30)27-10-4-7-24(31)28-12-11-26-17-28/h8-9,11-13,17,19-20H,2-7,10,14-16H2,1H3,(H,27,30). The molecule has 34 heavy (non-hydrogen) atoms. The van der Waals surface area contributed by atoms with Crippen molar-refractivity contribution in [2.24, 2.45) is 0 Å². The first-order valence-electron chi connectivity index (χ1n) is 11.9. The summed E-state index contributed by atoms with van der Waals surface area (Å²) < 4.78 is 13.1. The number of imidazole rings is 1. The van der Waals surface area contributed by atoms with Crippen molar-refractivity contribution >= 4 is 17.7 Å². The molecule has 1 aromatic heterocycles. The molecule has 1 saturated heterocycles. The van der Waals surface area contributed by atoms with Crippen molar-refractivity contribution in [1.29, 1.82) is 0 Å². The second-order valence-corrected chi connectivity index (χ2v) is 8.93. The van der Waals surface area contributed by atoms with Gasteiger partial charge < -0.3 is 19.7 Å². The summed E-state index contributed by atoms with van der Waals surface area (Å²) in [4.78, 5) is 42.3. The van der Waals surface area contributed by atoms with E-state index < -0.39 is 0 Å². The van der Waals surface area contributed by atoms with Crippen LogP contribution in [0.5, 0.6) is 11.5 Å². The van der Waals surface area contributed by atoms with Gasteiger partial charge in [-0.05, 0) is 49.8 Å². The van der Waals surface area contributed by atoms with Crippen LogP contribution < -0.4 is 14.8 Å².